The third-order valence-electron chi connectivity index (χ3n) is 11.9. The molecule has 1 heterocycles. The lowest BCUT2D eigenvalue weighted by Gasteiger charge is -2.41. The zero-order valence-electron chi connectivity index (χ0n) is 48.2. The first-order valence-corrected chi connectivity index (χ1v) is 32.1. The molecule has 442 valence electrons. The normalized spacial score (nSPS) is 12.5. The minimum absolute atomic E-state index is 0.0147. The van der Waals surface area contributed by atoms with Crippen LogP contribution >= 0.6 is 11.8 Å². The Morgan fingerprint density at radius 1 is 0.700 bits per heavy atom. The van der Waals surface area contributed by atoms with E-state index < -0.39 is 60.9 Å². The van der Waals surface area contributed by atoms with Crippen molar-refractivity contribution in [2.45, 2.75) is 111 Å². The number of carbonyl (C=O) groups is 5. The van der Waals surface area contributed by atoms with Crippen molar-refractivity contribution in [2.75, 3.05) is 90.6 Å². The highest BCUT2D eigenvalue weighted by Gasteiger charge is 2.37. The zero-order valence-corrected chi connectivity index (χ0v) is 50.0. The molecule has 0 unspecified atom stereocenters. The average molecular weight is 1150 g/mol. The summed E-state index contributed by atoms with van der Waals surface area (Å²) in [5.74, 6) is -2.47. The second-order valence-corrected chi connectivity index (χ2v) is 29.0. The van der Waals surface area contributed by atoms with E-state index >= 15 is 4.39 Å². The lowest BCUT2D eigenvalue weighted by Crippen LogP contribution is -2.49. The molecular weight excluding hydrogens is 1070 g/mol. The number of alkyl carbamates (subject to hydrolysis) is 2. The van der Waals surface area contributed by atoms with Gasteiger partial charge in [-0.25, -0.2) is 18.4 Å². The first-order chi connectivity index (χ1) is 38.0. The van der Waals surface area contributed by atoms with Crippen molar-refractivity contribution in [3.8, 4) is 11.1 Å². The first kappa shape index (κ1) is 66.7. The fourth-order valence-corrected chi connectivity index (χ4v) is 9.71. The maximum absolute atomic E-state index is 15.5. The van der Waals surface area contributed by atoms with Gasteiger partial charge in [0.2, 0.25) is 11.8 Å². The van der Waals surface area contributed by atoms with E-state index in [-0.39, 0.29) is 88.0 Å². The number of esters is 1. The van der Waals surface area contributed by atoms with Gasteiger partial charge < -0.3 is 58.6 Å². The van der Waals surface area contributed by atoms with Gasteiger partial charge in [0.1, 0.15) is 29.9 Å². The van der Waals surface area contributed by atoms with Crippen molar-refractivity contribution < 1.29 is 65.9 Å². The van der Waals surface area contributed by atoms with Gasteiger partial charge in [0.05, 0.1) is 77.7 Å². The molecule has 0 radical (unpaired) electrons. The van der Waals surface area contributed by atoms with Crippen molar-refractivity contribution in [1.29, 1.82) is 0 Å². The van der Waals surface area contributed by atoms with Crippen LogP contribution in [0.4, 0.5) is 18.4 Å². The number of halogens is 2. The monoisotopic (exact) mass is 1150 g/mol. The maximum atomic E-state index is 15.5. The number of hydrogen-bond donors (Lipinski definition) is 3. The molecule has 0 aliphatic rings. The molecule has 0 saturated heterocycles. The van der Waals surface area contributed by atoms with E-state index in [9.17, 15) is 28.4 Å². The minimum Gasteiger partial charge on any atom is -0.460 e. The standard InChI is InChI=1S/C59H85F2N5O12SSi/c1-58(2,3)54(51-37-46(48-38-47(60)21-22-49(48)61)40-65(51)39-44-17-12-10-13-18-44)66(26-16-24-63-56(70)76-35-36-80(7,8)9)52(67)43-79-42-50(64-57(71)77-41-45-19-14-11-15-20-45)55(69)62-25-28-73-30-32-75-34-33-74-31-29-72-27-23-53(68)78-59(4,5)6/h10-15,17-22,37-38,40,50,54H,16,23-36,39,41-43H2,1-9H3,(H,62,69)(H,63,70)(H,64,71)/t50-,54-/m0/s1. The summed E-state index contributed by atoms with van der Waals surface area (Å²) in [5.41, 5.74) is 1.69. The predicted molar refractivity (Wildman–Crippen MR) is 309 cm³/mol. The number of carbonyl (C=O) groups excluding carboxylic acids is 5. The van der Waals surface area contributed by atoms with E-state index in [0.717, 1.165) is 47.1 Å². The number of hydrogen-bond acceptors (Lipinski definition) is 13. The quantitative estimate of drug-likeness (QED) is 0.0171. The van der Waals surface area contributed by atoms with E-state index in [1.54, 1.807) is 29.3 Å². The van der Waals surface area contributed by atoms with Crippen LogP contribution in [-0.4, -0.2) is 150 Å². The molecule has 4 amide bonds. The van der Waals surface area contributed by atoms with E-state index in [1.807, 2.05) is 94.6 Å². The SMILES string of the molecule is CC(C)(C)OC(=O)CCOCCOCCOCCOCCNC(=O)[C@H](CSCC(=O)N(CCCNC(=O)OCC[Si](C)(C)C)[C@@H](c1cc(-c2cc(F)ccc2F)cn1Cc1ccccc1)C(C)(C)C)NC(=O)OCc1ccccc1. The molecule has 0 saturated carbocycles. The molecule has 3 N–H and O–H groups in total. The van der Waals surface area contributed by atoms with Gasteiger partial charge in [-0.2, -0.15) is 0 Å². The van der Waals surface area contributed by atoms with Crippen LogP contribution in [0.25, 0.3) is 11.1 Å². The number of amides is 4. The summed E-state index contributed by atoms with van der Waals surface area (Å²) in [4.78, 5) is 68.2. The number of benzene rings is 3. The fourth-order valence-electron chi connectivity index (χ4n) is 8.07. The number of nitrogens with one attached hydrogen (secondary N) is 3. The van der Waals surface area contributed by atoms with Gasteiger partial charge in [-0.3, -0.25) is 14.4 Å². The Bertz CT molecular complexity index is 2510. The summed E-state index contributed by atoms with van der Waals surface area (Å²) in [6.45, 7) is 21.4. The molecule has 3 aromatic carbocycles. The van der Waals surface area contributed by atoms with E-state index in [0.29, 0.717) is 57.3 Å². The molecule has 17 nitrogen and oxygen atoms in total. The summed E-state index contributed by atoms with van der Waals surface area (Å²) in [6.07, 6.45) is 0.908. The molecular formula is C59H85F2N5O12SSi. The average Bonchev–Trinajstić information content (AvgIpc) is 3.79. The Balaban J connectivity index is 1.43. The molecule has 4 rings (SSSR count). The number of ether oxygens (including phenoxy) is 7. The minimum atomic E-state index is -1.45. The second kappa shape index (κ2) is 34.4. The second-order valence-electron chi connectivity index (χ2n) is 22.3. The summed E-state index contributed by atoms with van der Waals surface area (Å²) < 4.78 is 70.5. The van der Waals surface area contributed by atoms with Gasteiger partial charge in [-0.1, -0.05) is 101 Å². The summed E-state index contributed by atoms with van der Waals surface area (Å²) in [7, 11) is -1.45. The van der Waals surface area contributed by atoms with Crippen LogP contribution in [0, 0.1) is 17.0 Å². The van der Waals surface area contributed by atoms with Crippen LogP contribution in [0.3, 0.4) is 0 Å². The number of thioether (sulfide) groups is 1. The molecule has 0 bridgehead atoms. The molecule has 0 fully saturated rings. The highest BCUT2D eigenvalue weighted by Crippen LogP contribution is 2.41. The molecule has 80 heavy (non-hydrogen) atoms. The molecule has 2 atom stereocenters. The van der Waals surface area contributed by atoms with Crippen molar-refractivity contribution in [3.63, 3.8) is 0 Å². The topological polar surface area (TPSA) is 194 Å². The molecule has 0 spiro atoms. The zero-order chi connectivity index (χ0) is 58.6. The van der Waals surface area contributed by atoms with Crippen molar-refractivity contribution in [1.82, 2.24) is 25.4 Å². The third-order valence-corrected chi connectivity index (χ3v) is 14.6. The molecule has 21 heteroatoms. The molecule has 0 aliphatic carbocycles. The molecule has 1 aromatic heterocycles. The molecule has 0 aliphatic heterocycles. The summed E-state index contributed by atoms with van der Waals surface area (Å²) in [5, 5.41) is 8.32. The van der Waals surface area contributed by atoms with Crippen LogP contribution in [-0.2, 0) is 60.7 Å². The largest absolute Gasteiger partial charge is 0.460 e. The van der Waals surface area contributed by atoms with E-state index in [1.165, 1.54) is 0 Å². The van der Waals surface area contributed by atoms with Gasteiger partial charge in [0, 0.05) is 63.0 Å². The van der Waals surface area contributed by atoms with Gasteiger partial charge >= 0.3 is 18.2 Å². The summed E-state index contributed by atoms with van der Waals surface area (Å²) >= 11 is 1.15. The molecule has 4 aromatic rings. The van der Waals surface area contributed by atoms with Crippen LogP contribution in [0.2, 0.25) is 25.7 Å². The van der Waals surface area contributed by atoms with Crippen LogP contribution in [0.5, 0.6) is 0 Å². The third kappa shape index (κ3) is 26.6. The number of nitrogens with zero attached hydrogens (tertiary/aromatic N) is 2. The first-order valence-electron chi connectivity index (χ1n) is 27.2. The Morgan fingerprint density at radius 2 is 1.31 bits per heavy atom. The van der Waals surface area contributed by atoms with Crippen molar-refractivity contribution in [3.05, 3.63) is 120 Å². The number of aromatic nitrogens is 1. The fraction of sp³-hybridized carbons (Fsp3) is 0.542. The smallest absolute Gasteiger partial charge is 0.408 e. The van der Waals surface area contributed by atoms with Crippen molar-refractivity contribution >= 4 is 49.8 Å². The summed E-state index contributed by atoms with van der Waals surface area (Å²) in [6, 6.07) is 22.9. The van der Waals surface area contributed by atoms with Gasteiger partial charge in [-0.15, -0.1) is 11.8 Å². The van der Waals surface area contributed by atoms with Gasteiger partial charge in [0.15, 0.2) is 0 Å². The Kier molecular flexibility index (Phi) is 28.7. The van der Waals surface area contributed by atoms with Crippen LogP contribution in [0.15, 0.2) is 91.1 Å². The number of rotatable bonds is 35. The van der Waals surface area contributed by atoms with Crippen molar-refractivity contribution in [2.24, 2.45) is 5.41 Å². The van der Waals surface area contributed by atoms with Crippen LogP contribution < -0.4 is 16.0 Å². The lowest BCUT2D eigenvalue weighted by molar-refractivity contribution is -0.156. The van der Waals surface area contributed by atoms with Gasteiger partial charge in [0.25, 0.3) is 0 Å². The highest BCUT2D eigenvalue weighted by atomic mass is 32.2. The Labute approximate surface area is 476 Å². The lowest BCUT2D eigenvalue weighted by atomic mass is 9.83. The van der Waals surface area contributed by atoms with Gasteiger partial charge in [-0.05, 0) is 74.0 Å². The van der Waals surface area contributed by atoms with E-state index in [2.05, 4.69) is 35.6 Å². The predicted octanol–water partition coefficient (Wildman–Crippen LogP) is 9.79. The highest BCUT2D eigenvalue weighted by molar-refractivity contribution is 8.00. The maximum Gasteiger partial charge on any atom is 0.408 e. The Morgan fingerprint density at radius 3 is 1.93 bits per heavy atom. The Hall–Kier alpha value is -5.84. The van der Waals surface area contributed by atoms with E-state index in [4.69, 9.17) is 33.2 Å². The van der Waals surface area contributed by atoms with Crippen LogP contribution in [0.1, 0.15) is 77.2 Å².